The zero-order valence-electron chi connectivity index (χ0n) is 6.34. The quantitative estimate of drug-likeness (QED) is 0.505. The maximum absolute atomic E-state index is 11.8. The zero-order valence-corrected chi connectivity index (χ0v) is 6.34. The van der Waals surface area contributed by atoms with Gasteiger partial charge in [-0.05, 0) is 12.1 Å². The summed E-state index contributed by atoms with van der Waals surface area (Å²) in [7, 11) is 0. The van der Waals surface area contributed by atoms with E-state index in [4.69, 9.17) is 0 Å². The zero-order chi connectivity index (χ0) is 7.82. The molecule has 0 radical (unpaired) electrons. The summed E-state index contributed by atoms with van der Waals surface area (Å²) in [4.78, 5) is 3.31. The minimum Gasteiger partial charge on any atom is -0.228 e. The molecule has 0 aromatic carbocycles. The number of halogens is 1. The van der Waals surface area contributed by atoms with Gasteiger partial charge >= 0.3 is 0 Å². The van der Waals surface area contributed by atoms with Gasteiger partial charge in [0.1, 0.15) is 0 Å². The lowest BCUT2D eigenvalue weighted by molar-refractivity contribution is 0.584. The molecule has 2 heteroatoms. The van der Waals surface area contributed by atoms with Gasteiger partial charge in [0, 0.05) is 6.20 Å². The van der Waals surface area contributed by atoms with E-state index in [-0.39, 0.29) is 0 Å². The predicted molar refractivity (Wildman–Crippen MR) is 40.2 cm³/mol. The standard InChI is InChI=1S/C5H4FN.C3H8/c6-5-3-1-2-4-7-5;1-3-2/h1-4H;3H2,1-2H3/i6-1;. The third kappa shape index (κ3) is 5.22. The molecule has 1 nitrogen and oxygen atoms in total. The Balaban J connectivity index is 0.000000236. The van der Waals surface area contributed by atoms with E-state index in [9.17, 15) is 4.39 Å². The van der Waals surface area contributed by atoms with E-state index in [1.165, 1.54) is 18.7 Å². The summed E-state index contributed by atoms with van der Waals surface area (Å²) >= 11 is 0. The summed E-state index contributed by atoms with van der Waals surface area (Å²) in [6, 6.07) is 4.57. The molecule has 10 heavy (non-hydrogen) atoms. The molecular weight excluding hydrogens is 128 g/mol. The molecule has 0 amide bonds. The van der Waals surface area contributed by atoms with Gasteiger partial charge in [-0.2, -0.15) is 4.39 Å². The fraction of sp³-hybridized carbons (Fsp3) is 0.375. The van der Waals surface area contributed by atoms with E-state index < -0.39 is 5.95 Å². The molecule has 0 bridgehead atoms. The van der Waals surface area contributed by atoms with Crippen molar-refractivity contribution in [3.8, 4) is 0 Å². The minimum atomic E-state index is -0.428. The minimum absolute atomic E-state index is 0.428. The molecule has 0 aliphatic heterocycles. The fourth-order valence-corrected chi connectivity index (χ4v) is 0.342. The largest absolute Gasteiger partial charge is 0.228 e. The second-order valence-corrected chi connectivity index (χ2v) is 1.86. The van der Waals surface area contributed by atoms with Crippen molar-refractivity contribution in [1.82, 2.24) is 4.98 Å². The van der Waals surface area contributed by atoms with Crippen LogP contribution in [0.3, 0.4) is 0 Å². The highest BCUT2D eigenvalue weighted by atomic mass is 18.2. The third-order valence-corrected chi connectivity index (χ3v) is 0.629. The number of pyridine rings is 1. The van der Waals surface area contributed by atoms with Crippen molar-refractivity contribution in [3.05, 3.63) is 30.3 Å². The van der Waals surface area contributed by atoms with E-state index in [2.05, 4.69) is 18.8 Å². The van der Waals surface area contributed by atoms with E-state index in [1.54, 1.807) is 12.1 Å². The van der Waals surface area contributed by atoms with Crippen LogP contribution < -0.4 is 0 Å². The Bertz CT molecular complexity index is 151. The van der Waals surface area contributed by atoms with Gasteiger partial charge in [0.05, 0.1) is 0 Å². The van der Waals surface area contributed by atoms with Crippen LogP contribution in [-0.2, 0) is 0 Å². The van der Waals surface area contributed by atoms with Gasteiger partial charge < -0.3 is 0 Å². The van der Waals surface area contributed by atoms with E-state index in [0.29, 0.717) is 0 Å². The van der Waals surface area contributed by atoms with Crippen LogP contribution >= 0.6 is 0 Å². The van der Waals surface area contributed by atoms with Gasteiger partial charge in [-0.25, -0.2) is 4.98 Å². The second kappa shape index (κ2) is 6.20. The van der Waals surface area contributed by atoms with Crippen molar-refractivity contribution in [2.45, 2.75) is 20.3 Å². The van der Waals surface area contributed by atoms with E-state index in [1.807, 2.05) is 0 Å². The Hall–Kier alpha value is -0.920. The van der Waals surface area contributed by atoms with Crippen molar-refractivity contribution < 1.29 is 4.39 Å². The lowest BCUT2D eigenvalue weighted by Crippen LogP contribution is -1.73. The molecular formula is C8H12FN. The van der Waals surface area contributed by atoms with Gasteiger partial charge in [-0.15, -0.1) is 0 Å². The lowest BCUT2D eigenvalue weighted by atomic mass is 10.5. The smallest absolute Gasteiger partial charge is 0.212 e. The first kappa shape index (κ1) is 9.08. The number of aromatic nitrogens is 1. The molecule has 56 valence electrons. The molecule has 0 saturated carbocycles. The molecule has 0 aliphatic carbocycles. The van der Waals surface area contributed by atoms with Crippen LogP contribution in [0.5, 0.6) is 0 Å². The van der Waals surface area contributed by atoms with Gasteiger partial charge in [-0.1, -0.05) is 26.3 Å². The first-order chi connectivity index (χ1) is 4.81. The molecule has 0 atom stereocenters. The Kier molecular flexibility index (Phi) is 5.63. The van der Waals surface area contributed by atoms with Crippen molar-refractivity contribution in [2.75, 3.05) is 0 Å². The highest BCUT2D eigenvalue weighted by Crippen LogP contribution is 1.85. The van der Waals surface area contributed by atoms with Crippen LogP contribution in [0.4, 0.5) is 4.39 Å². The highest BCUT2D eigenvalue weighted by molar-refractivity contribution is 4.90. The maximum atomic E-state index is 11.8. The van der Waals surface area contributed by atoms with Gasteiger partial charge in [0.25, 0.3) is 0 Å². The molecule has 1 aromatic rings. The molecule has 1 rings (SSSR count). The Labute approximate surface area is 60.9 Å². The average Bonchev–Trinajstić information content (AvgIpc) is 1.91. The average molecular weight is 140 g/mol. The first-order valence-corrected chi connectivity index (χ1v) is 3.37. The summed E-state index contributed by atoms with van der Waals surface area (Å²) in [5.74, 6) is -0.428. The highest BCUT2D eigenvalue weighted by Gasteiger charge is 1.78. The summed E-state index contributed by atoms with van der Waals surface area (Å²) in [5.41, 5.74) is 0. The molecule has 1 heterocycles. The van der Waals surface area contributed by atoms with Gasteiger partial charge in [0.15, 0.2) is 0 Å². The van der Waals surface area contributed by atoms with Crippen LogP contribution in [-0.4, -0.2) is 4.98 Å². The first-order valence-electron chi connectivity index (χ1n) is 3.37. The summed E-state index contributed by atoms with van der Waals surface area (Å²) in [5, 5.41) is 0. The molecule has 0 unspecified atom stereocenters. The Morgan fingerprint density at radius 2 is 2.00 bits per heavy atom. The molecule has 0 spiro atoms. The van der Waals surface area contributed by atoms with Crippen molar-refractivity contribution >= 4 is 0 Å². The number of hydrogen-bond donors (Lipinski definition) is 0. The topological polar surface area (TPSA) is 12.9 Å². The lowest BCUT2D eigenvalue weighted by Gasteiger charge is -1.78. The normalized spacial score (nSPS) is 7.90. The van der Waals surface area contributed by atoms with E-state index >= 15 is 0 Å². The summed E-state index contributed by atoms with van der Waals surface area (Å²) in [6.07, 6.45) is 2.66. The fourth-order valence-electron chi connectivity index (χ4n) is 0.342. The van der Waals surface area contributed by atoms with Crippen molar-refractivity contribution in [3.63, 3.8) is 0 Å². The van der Waals surface area contributed by atoms with Crippen LogP contribution in [0.25, 0.3) is 0 Å². The number of rotatable bonds is 0. The monoisotopic (exact) mass is 140 g/mol. The summed E-state index contributed by atoms with van der Waals surface area (Å²) < 4.78 is 11.8. The predicted octanol–water partition coefficient (Wildman–Crippen LogP) is 2.64. The summed E-state index contributed by atoms with van der Waals surface area (Å²) in [6.45, 7) is 4.25. The molecule has 0 N–H and O–H groups in total. The molecule has 0 saturated heterocycles. The van der Waals surface area contributed by atoms with Gasteiger partial charge in [0.2, 0.25) is 5.95 Å². The van der Waals surface area contributed by atoms with Crippen molar-refractivity contribution in [2.24, 2.45) is 0 Å². The van der Waals surface area contributed by atoms with Crippen LogP contribution in [0, 0.1) is 5.95 Å². The van der Waals surface area contributed by atoms with Crippen molar-refractivity contribution in [1.29, 1.82) is 0 Å². The number of hydrogen-bond acceptors (Lipinski definition) is 1. The molecule has 0 fully saturated rings. The third-order valence-electron chi connectivity index (χ3n) is 0.629. The van der Waals surface area contributed by atoms with Crippen LogP contribution in [0.1, 0.15) is 20.3 Å². The Morgan fingerprint density at radius 3 is 2.20 bits per heavy atom. The van der Waals surface area contributed by atoms with E-state index in [0.717, 1.165) is 0 Å². The van der Waals surface area contributed by atoms with Crippen LogP contribution in [0.2, 0.25) is 0 Å². The van der Waals surface area contributed by atoms with Crippen LogP contribution in [0.15, 0.2) is 24.4 Å². The molecule has 1 aromatic heterocycles. The SMILES string of the molecule is CCC.[18F]c1ccccn1. The second-order valence-electron chi connectivity index (χ2n) is 1.86. The maximum Gasteiger partial charge on any atom is 0.212 e. The number of nitrogens with zero attached hydrogens (tertiary/aromatic N) is 1. The van der Waals surface area contributed by atoms with Gasteiger partial charge in [-0.3, -0.25) is 0 Å². The Morgan fingerprint density at radius 1 is 1.40 bits per heavy atom. The molecule has 0 aliphatic rings.